The monoisotopic (exact) mass is 505 g/mol. The van der Waals surface area contributed by atoms with Crippen LogP contribution in [0.2, 0.25) is 0 Å². The van der Waals surface area contributed by atoms with Crippen molar-refractivity contribution in [2.45, 2.75) is 32.9 Å². The van der Waals surface area contributed by atoms with Crippen LogP contribution in [0.15, 0.2) is 65.9 Å². The Bertz CT molecular complexity index is 1180. The van der Waals surface area contributed by atoms with Crippen LogP contribution in [0.5, 0.6) is 0 Å². The van der Waals surface area contributed by atoms with Crippen molar-refractivity contribution in [2.24, 2.45) is 0 Å². The quantitative estimate of drug-likeness (QED) is 0.584. The van der Waals surface area contributed by atoms with Crippen molar-refractivity contribution in [3.63, 3.8) is 0 Å². The number of urea groups is 2. The van der Waals surface area contributed by atoms with Gasteiger partial charge in [-0.2, -0.15) is 0 Å². The zero-order valence-electron chi connectivity index (χ0n) is 21.9. The highest BCUT2D eigenvalue weighted by Crippen LogP contribution is 2.33. The number of anilines is 1. The number of nitrogens with zero attached hydrogens (tertiary/aromatic N) is 3. The summed E-state index contributed by atoms with van der Waals surface area (Å²) in [6.45, 7) is 8.10. The molecular weight excluding hydrogens is 470 g/mol. The fraction of sp³-hybridized carbons (Fsp3) is 0.393. The minimum absolute atomic E-state index is 0.0565. The van der Waals surface area contributed by atoms with Crippen LogP contribution in [0.3, 0.4) is 0 Å². The highest BCUT2D eigenvalue weighted by molar-refractivity contribution is 5.95. The molecule has 4 amide bonds. The maximum Gasteiger partial charge on any atom is 0.338 e. The number of para-hydroxylation sites is 1. The first-order valence-corrected chi connectivity index (χ1v) is 12.6. The van der Waals surface area contributed by atoms with Gasteiger partial charge in [0.2, 0.25) is 0 Å². The van der Waals surface area contributed by atoms with Crippen LogP contribution in [0.4, 0.5) is 15.3 Å². The molecule has 0 aliphatic carbocycles. The minimum atomic E-state index is -0.602. The molecule has 2 aromatic carbocycles. The summed E-state index contributed by atoms with van der Waals surface area (Å²) in [6.07, 6.45) is 0. The SMILES string of the molecule is CCOC(=O)C1=C(CN2CCN(C(=O)Nc3ccccc3)[C@H](C)C2)N(C)C(=O)N[C@@H]1c1ccccc1C. The van der Waals surface area contributed by atoms with Gasteiger partial charge in [-0.25, -0.2) is 14.4 Å². The molecule has 2 aliphatic heterocycles. The van der Waals surface area contributed by atoms with E-state index >= 15 is 0 Å². The smallest absolute Gasteiger partial charge is 0.338 e. The Morgan fingerprint density at radius 3 is 2.46 bits per heavy atom. The van der Waals surface area contributed by atoms with Crippen molar-refractivity contribution in [2.75, 3.05) is 45.2 Å². The number of nitrogens with one attached hydrogen (secondary N) is 2. The largest absolute Gasteiger partial charge is 0.463 e. The molecule has 1 saturated heterocycles. The van der Waals surface area contributed by atoms with Crippen LogP contribution < -0.4 is 10.6 Å². The lowest BCUT2D eigenvalue weighted by atomic mass is 9.91. The molecule has 9 heteroatoms. The van der Waals surface area contributed by atoms with Gasteiger partial charge in [-0.15, -0.1) is 0 Å². The maximum atomic E-state index is 13.2. The molecule has 2 aromatic rings. The van der Waals surface area contributed by atoms with E-state index in [4.69, 9.17) is 4.74 Å². The third-order valence-corrected chi connectivity index (χ3v) is 6.94. The molecule has 1 fully saturated rings. The topological polar surface area (TPSA) is 94.2 Å². The Balaban J connectivity index is 1.57. The van der Waals surface area contributed by atoms with E-state index in [9.17, 15) is 14.4 Å². The highest BCUT2D eigenvalue weighted by atomic mass is 16.5. The zero-order valence-corrected chi connectivity index (χ0v) is 21.9. The lowest BCUT2D eigenvalue weighted by Crippen LogP contribution is -2.57. The summed E-state index contributed by atoms with van der Waals surface area (Å²) >= 11 is 0. The Hall–Kier alpha value is -3.85. The predicted octanol–water partition coefficient (Wildman–Crippen LogP) is 3.75. The Labute approximate surface area is 218 Å². The molecule has 196 valence electrons. The first kappa shape index (κ1) is 26.2. The summed E-state index contributed by atoms with van der Waals surface area (Å²) in [5, 5.41) is 5.94. The third-order valence-electron chi connectivity index (χ3n) is 6.94. The molecule has 0 saturated carbocycles. The molecule has 0 bridgehead atoms. The molecule has 0 aromatic heterocycles. The first-order valence-electron chi connectivity index (χ1n) is 12.6. The van der Waals surface area contributed by atoms with E-state index in [1.54, 1.807) is 14.0 Å². The van der Waals surface area contributed by atoms with E-state index in [-0.39, 0.29) is 24.7 Å². The minimum Gasteiger partial charge on any atom is -0.463 e. The molecular formula is C28H35N5O4. The third kappa shape index (κ3) is 5.77. The number of benzene rings is 2. The lowest BCUT2D eigenvalue weighted by Gasteiger charge is -2.42. The van der Waals surface area contributed by atoms with E-state index < -0.39 is 12.0 Å². The molecule has 2 N–H and O–H groups in total. The second kappa shape index (κ2) is 11.5. The molecule has 0 unspecified atom stereocenters. The molecule has 2 aliphatic rings. The highest BCUT2D eigenvalue weighted by Gasteiger charge is 2.38. The van der Waals surface area contributed by atoms with Crippen LogP contribution in [0.1, 0.15) is 31.0 Å². The number of carbonyl (C=O) groups is 3. The van der Waals surface area contributed by atoms with Gasteiger partial charge in [0, 0.05) is 50.7 Å². The number of amides is 4. The summed E-state index contributed by atoms with van der Waals surface area (Å²) in [5.41, 5.74) is 3.65. The number of aryl methyl sites for hydroxylation is 1. The van der Waals surface area contributed by atoms with Crippen LogP contribution >= 0.6 is 0 Å². The first-order chi connectivity index (χ1) is 17.8. The van der Waals surface area contributed by atoms with Crippen molar-refractivity contribution in [3.05, 3.63) is 77.0 Å². The zero-order chi connectivity index (χ0) is 26.5. The lowest BCUT2D eigenvalue weighted by molar-refractivity contribution is -0.139. The van der Waals surface area contributed by atoms with Crippen LogP contribution in [-0.2, 0) is 9.53 Å². The number of likely N-dealkylation sites (N-methyl/N-ethyl adjacent to an activating group) is 1. The van der Waals surface area contributed by atoms with Crippen molar-refractivity contribution in [1.29, 1.82) is 0 Å². The number of ether oxygens (including phenoxy) is 1. The Morgan fingerprint density at radius 1 is 1.08 bits per heavy atom. The van der Waals surface area contributed by atoms with E-state index in [1.165, 1.54) is 4.90 Å². The number of rotatable bonds is 6. The maximum absolute atomic E-state index is 13.2. The van der Waals surface area contributed by atoms with E-state index in [2.05, 4.69) is 15.5 Å². The van der Waals surface area contributed by atoms with Gasteiger partial charge in [0.15, 0.2) is 0 Å². The van der Waals surface area contributed by atoms with Gasteiger partial charge in [0.1, 0.15) is 0 Å². The number of carbonyl (C=O) groups excluding carboxylic acids is 3. The predicted molar refractivity (Wildman–Crippen MR) is 142 cm³/mol. The number of esters is 1. The van der Waals surface area contributed by atoms with Crippen molar-refractivity contribution in [1.82, 2.24) is 20.0 Å². The van der Waals surface area contributed by atoms with E-state index in [1.807, 2.05) is 73.3 Å². The van der Waals surface area contributed by atoms with Crippen molar-refractivity contribution in [3.8, 4) is 0 Å². The van der Waals surface area contributed by atoms with E-state index in [0.29, 0.717) is 37.4 Å². The van der Waals surface area contributed by atoms with Crippen LogP contribution in [0.25, 0.3) is 0 Å². The Morgan fingerprint density at radius 2 is 1.78 bits per heavy atom. The number of hydrogen-bond acceptors (Lipinski definition) is 5. The van der Waals surface area contributed by atoms with Gasteiger partial charge in [-0.3, -0.25) is 9.80 Å². The second-order valence-electron chi connectivity index (χ2n) is 9.45. The number of piperazine rings is 1. The molecule has 9 nitrogen and oxygen atoms in total. The van der Waals surface area contributed by atoms with Gasteiger partial charge < -0.3 is 20.3 Å². The fourth-order valence-electron chi connectivity index (χ4n) is 4.95. The summed E-state index contributed by atoms with van der Waals surface area (Å²) in [5.74, 6) is -0.438. The summed E-state index contributed by atoms with van der Waals surface area (Å²) in [6, 6.07) is 16.0. The molecule has 2 heterocycles. The van der Waals surface area contributed by atoms with Gasteiger partial charge >= 0.3 is 18.0 Å². The molecule has 0 spiro atoms. The van der Waals surface area contributed by atoms with E-state index in [0.717, 1.165) is 16.8 Å². The van der Waals surface area contributed by atoms with Crippen LogP contribution in [-0.4, -0.2) is 78.6 Å². The average molecular weight is 506 g/mol. The summed E-state index contributed by atoms with van der Waals surface area (Å²) < 4.78 is 5.45. The fourth-order valence-corrected chi connectivity index (χ4v) is 4.95. The number of hydrogen-bond donors (Lipinski definition) is 2. The van der Waals surface area contributed by atoms with Gasteiger partial charge in [0.25, 0.3) is 0 Å². The Kier molecular flexibility index (Phi) is 8.13. The molecule has 2 atom stereocenters. The van der Waals surface area contributed by atoms with Gasteiger partial charge in [0.05, 0.1) is 18.2 Å². The van der Waals surface area contributed by atoms with Crippen molar-refractivity contribution >= 4 is 23.7 Å². The molecule has 0 radical (unpaired) electrons. The average Bonchev–Trinajstić information content (AvgIpc) is 2.87. The molecule has 37 heavy (non-hydrogen) atoms. The molecule has 4 rings (SSSR count). The summed E-state index contributed by atoms with van der Waals surface area (Å²) in [7, 11) is 1.67. The second-order valence-corrected chi connectivity index (χ2v) is 9.45. The van der Waals surface area contributed by atoms with Gasteiger partial charge in [-0.1, -0.05) is 42.5 Å². The standard InChI is InChI=1S/C28H35N5O4/c1-5-37-26(34)24-23(31(4)27(35)30-25(24)22-14-10-9-11-19(22)2)18-32-15-16-33(20(3)17-32)28(36)29-21-12-7-6-8-13-21/h6-14,20,25H,5,15-18H2,1-4H3,(H,29,36)(H,30,35)/t20-,25-/m1/s1. The van der Waals surface area contributed by atoms with Crippen molar-refractivity contribution < 1.29 is 19.1 Å². The van der Waals surface area contributed by atoms with Gasteiger partial charge in [-0.05, 0) is 44.0 Å². The summed E-state index contributed by atoms with van der Waals surface area (Å²) in [4.78, 5) is 44.6. The van der Waals surface area contributed by atoms with Crippen LogP contribution in [0, 0.1) is 6.92 Å². The normalized spacial score (nSPS) is 20.5.